The van der Waals surface area contributed by atoms with E-state index in [9.17, 15) is 21.6 Å². The molecule has 1 aromatic carbocycles. The monoisotopic (exact) mass is 717 g/mol. The van der Waals surface area contributed by atoms with Crippen molar-refractivity contribution in [2.24, 2.45) is 7.05 Å². The number of aromatic nitrogens is 3. The Hall–Kier alpha value is -2.27. The standard InChI is InChI=1S/C26H38N3O9S.CHF3O3S/c1-25(2)35-21-20(34-24-23(22(21)36-25)37-26(3,4)38-24)17-33-39(30,31)13-9-12-29-14-19(28(5)27-29)16-32-15-18-10-7-6-8-11-18;2-1(3,4)8(5,6)7/h6-8,10-11,14,20-24H,9,12-13,15-17H2,1-5H3;(H,5,6,7)/q+1;/p-1. The Morgan fingerprint density at radius 3 is 2.19 bits per heavy atom. The van der Waals surface area contributed by atoms with Crippen LogP contribution in [0.3, 0.4) is 0 Å². The molecule has 0 N–H and O–H groups in total. The van der Waals surface area contributed by atoms with Crippen LogP contribution in [0.5, 0.6) is 0 Å². The molecular formula is C27H38F3N3O12S2. The van der Waals surface area contributed by atoms with E-state index in [2.05, 4.69) is 5.21 Å². The number of rotatable bonds is 11. The number of benzene rings is 1. The third-order valence-corrected chi connectivity index (χ3v) is 8.90. The molecule has 1 aromatic heterocycles. The normalized spacial score (nSPS) is 26.7. The van der Waals surface area contributed by atoms with Gasteiger partial charge in [0.05, 0.1) is 24.2 Å². The van der Waals surface area contributed by atoms with Crippen LogP contribution in [-0.2, 0) is 79.6 Å². The van der Waals surface area contributed by atoms with Crippen LogP contribution in [0.4, 0.5) is 13.2 Å². The minimum absolute atomic E-state index is 0.168. The Labute approximate surface area is 270 Å². The lowest BCUT2D eigenvalue weighted by molar-refractivity contribution is -0.755. The SMILES string of the molecule is Cn1n[n+](CCCS(=O)(=O)OCC2OC3OC(C)(C)OC3C3OC(C)(C)OC23)cc1COCc1ccccc1.O=S(=O)([O-])C(F)(F)F. The van der Waals surface area contributed by atoms with Crippen LogP contribution in [-0.4, -0.2) is 91.4 Å². The van der Waals surface area contributed by atoms with Crippen molar-refractivity contribution in [3.63, 3.8) is 0 Å². The third kappa shape index (κ3) is 10.4. The highest BCUT2D eigenvalue weighted by atomic mass is 32.2. The Morgan fingerprint density at radius 2 is 1.55 bits per heavy atom. The molecule has 0 amide bonds. The van der Waals surface area contributed by atoms with Crippen LogP contribution in [0.2, 0.25) is 0 Å². The Morgan fingerprint density at radius 1 is 0.957 bits per heavy atom. The molecule has 0 spiro atoms. The zero-order valence-electron chi connectivity index (χ0n) is 26.3. The van der Waals surface area contributed by atoms with Gasteiger partial charge in [-0.15, -0.1) is 9.36 Å². The predicted molar refractivity (Wildman–Crippen MR) is 151 cm³/mol. The van der Waals surface area contributed by atoms with E-state index in [0.717, 1.165) is 11.3 Å². The molecule has 0 aliphatic carbocycles. The van der Waals surface area contributed by atoms with Gasteiger partial charge in [0.1, 0.15) is 44.6 Å². The van der Waals surface area contributed by atoms with Gasteiger partial charge < -0.3 is 33.0 Å². The molecule has 4 heterocycles. The zero-order valence-corrected chi connectivity index (χ0v) is 27.9. The van der Waals surface area contributed by atoms with E-state index in [-0.39, 0.29) is 12.4 Å². The molecule has 3 aliphatic heterocycles. The average molecular weight is 718 g/mol. The van der Waals surface area contributed by atoms with Gasteiger partial charge in [-0.3, -0.25) is 4.18 Å². The van der Waals surface area contributed by atoms with Crippen LogP contribution in [0.1, 0.15) is 45.4 Å². The second-order valence-corrected chi connectivity index (χ2v) is 15.0. The van der Waals surface area contributed by atoms with Crippen molar-refractivity contribution in [1.82, 2.24) is 9.90 Å². The smallest absolute Gasteiger partial charge is 0.485 e. The summed E-state index contributed by atoms with van der Waals surface area (Å²) < 4.78 is 129. The first kappa shape index (κ1) is 37.5. The second kappa shape index (κ2) is 14.3. The fourth-order valence-corrected chi connectivity index (χ4v) is 6.00. The Kier molecular flexibility index (Phi) is 11.4. The summed E-state index contributed by atoms with van der Waals surface area (Å²) in [7, 11) is -8.08. The summed E-state index contributed by atoms with van der Waals surface area (Å²) >= 11 is 0. The lowest BCUT2D eigenvalue weighted by atomic mass is 9.99. The van der Waals surface area contributed by atoms with E-state index in [1.165, 1.54) is 0 Å². The molecule has 3 fully saturated rings. The van der Waals surface area contributed by atoms with E-state index >= 15 is 0 Å². The predicted octanol–water partition coefficient (Wildman–Crippen LogP) is 1.61. The van der Waals surface area contributed by atoms with Crippen LogP contribution >= 0.6 is 0 Å². The highest BCUT2D eigenvalue weighted by molar-refractivity contribution is 7.86. The van der Waals surface area contributed by atoms with E-state index in [1.807, 2.05) is 43.6 Å². The van der Waals surface area contributed by atoms with Crippen LogP contribution in [0.25, 0.3) is 0 Å². The van der Waals surface area contributed by atoms with Gasteiger partial charge in [-0.25, -0.2) is 8.42 Å². The molecule has 5 unspecified atom stereocenters. The fraction of sp³-hybridized carbons (Fsp3) is 0.704. The van der Waals surface area contributed by atoms with Crippen molar-refractivity contribution in [3.8, 4) is 0 Å². The maximum Gasteiger partial charge on any atom is 0.485 e. The molecule has 47 heavy (non-hydrogen) atoms. The Balaban J connectivity index is 0.000000555. The number of halogens is 3. The summed E-state index contributed by atoms with van der Waals surface area (Å²) in [6.45, 7) is 8.28. The topological polar surface area (TPSA) is 178 Å². The first-order valence-electron chi connectivity index (χ1n) is 14.4. The van der Waals surface area contributed by atoms with Crippen molar-refractivity contribution in [2.75, 3.05) is 12.4 Å². The first-order valence-corrected chi connectivity index (χ1v) is 17.4. The second-order valence-electron chi connectivity index (χ2n) is 11.9. The van der Waals surface area contributed by atoms with E-state index in [0.29, 0.717) is 26.2 Å². The van der Waals surface area contributed by atoms with Gasteiger partial charge in [0.15, 0.2) is 39.9 Å². The average Bonchev–Trinajstić information content (AvgIpc) is 3.57. The largest absolute Gasteiger partial charge is 0.741 e. The van der Waals surface area contributed by atoms with Crippen molar-refractivity contribution in [1.29, 1.82) is 0 Å². The van der Waals surface area contributed by atoms with Crippen molar-refractivity contribution in [3.05, 3.63) is 47.8 Å². The maximum atomic E-state index is 12.7. The zero-order chi connectivity index (χ0) is 34.8. The number of nitrogens with zero attached hydrogens (tertiary/aromatic N) is 3. The molecule has 15 nitrogen and oxygen atoms in total. The summed E-state index contributed by atoms with van der Waals surface area (Å²) in [4.78, 5) is 0. The van der Waals surface area contributed by atoms with E-state index in [4.69, 9.17) is 45.6 Å². The lowest BCUT2D eigenvalue weighted by Crippen LogP contribution is -2.56. The number of fused-ring (bicyclic) bond motifs is 3. The van der Waals surface area contributed by atoms with Gasteiger partial charge in [-0.2, -0.15) is 21.6 Å². The number of alkyl halides is 3. The van der Waals surface area contributed by atoms with Gasteiger partial charge in [-0.1, -0.05) is 30.3 Å². The molecule has 0 bridgehead atoms. The number of aryl methyl sites for hydroxylation is 2. The maximum absolute atomic E-state index is 12.7. The van der Waals surface area contributed by atoms with Crippen molar-refractivity contribution >= 4 is 20.2 Å². The lowest BCUT2D eigenvalue weighted by Gasteiger charge is -2.36. The van der Waals surface area contributed by atoms with Gasteiger partial charge in [0.2, 0.25) is 0 Å². The Bertz CT molecular complexity index is 1570. The molecule has 0 radical (unpaired) electrons. The van der Waals surface area contributed by atoms with Crippen LogP contribution in [0.15, 0.2) is 36.5 Å². The van der Waals surface area contributed by atoms with Crippen LogP contribution in [0, 0.1) is 0 Å². The fourth-order valence-electron chi connectivity index (χ4n) is 5.06. The van der Waals surface area contributed by atoms with E-state index < -0.39 is 68.0 Å². The van der Waals surface area contributed by atoms with Gasteiger partial charge in [0, 0.05) is 6.42 Å². The summed E-state index contributed by atoms with van der Waals surface area (Å²) in [5.41, 5.74) is -3.67. The minimum Gasteiger partial charge on any atom is -0.741 e. The molecule has 5 atom stereocenters. The molecule has 3 aliphatic rings. The van der Waals surface area contributed by atoms with Gasteiger partial charge in [-0.05, 0) is 33.3 Å². The molecule has 3 saturated heterocycles. The van der Waals surface area contributed by atoms with E-state index in [1.54, 1.807) is 37.1 Å². The molecule has 20 heteroatoms. The summed E-state index contributed by atoms with van der Waals surface area (Å²) in [6, 6.07) is 9.93. The molecular weight excluding hydrogens is 679 g/mol. The molecule has 5 rings (SSSR count). The third-order valence-electron chi connectivity index (χ3n) is 7.05. The molecule has 2 aromatic rings. The van der Waals surface area contributed by atoms with Gasteiger partial charge in [0.25, 0.3) is 10.1 Å². The number of hydrogen-bond acceptors (Lipinski definition) is 13. The first-order chi connectivity index (χ1) is 21.6. The minimum atomic E-state index is -6.09. The highest BCUT2D eigenvalue weighted by Gasteiger charge is 2.60. The number of ether oxygens (including phenoxy) is 6. The van der Waals surface area contributed by atoms with Gasteiger partial charge >= 0.3 is 5.51 Å². The summed E-state index contributed by atoms with van der Waals surface area (Å²) in [5.74, 6) is -1.89. The quantitative estimate of drug-likeness (QED) is 0.142. The van der Waals surface area contributed by atoms with Crippen molar-refractivity contribution < 1.29 is 71.8 Å². The number of hydrogen-bond donors (Lipinski definition) is 0. The highest BCUT2D eigenvalue weighted by Crippen LogP contribution is 2.44. The summed E-state index contributed by atoms with van der Waals surface area (Å²) in [6.07, 6.45) is -0.730. The summed E-state index contributed by atoms with van der Waals surface area (Å²) in [5, 5.41) is 4.41. The van der Waals surface area contributed by atoms with Crippen LogP contribution < -0.4 is 4.68 Å². The van der Waals surface area contributed by atoms with Crippen molar-refractivity contribution in [2.45, 2.75) is 102 Å². The molecule has 0 saturated carbocycles. The molecule has 266 valence electrons.